The number of H-pyrrole nitrogens is 1. The summed E-state index contributed by atoms with van der Waals surface area (Å²) in [5, 5.41) is 0. The molecule has 0 spiro atoms. The number of fused-ring (bicyclic) bond motifs is 2. The number of ether oxygens (including phenoxy) is 2. The summed E-state index contributed by atoms with van der Waals surface area (Å²) in [6.07, 6.45) is -0.987. The zero-order chi connectivity index (χ0) is 22.5. The second kappa shape index (κ2) is 7.83. The number of nitrogens with one attached hydrogen (secondary N) is 1. The van der Waals surface area contributed by atoms with E-state index in [1.165, 1.54) is 0 Å². The van der Waals surface area contributed by atoms with Crippen LogP contribution in [0.15, 0.2) is 21.9 Å². The molecule has 1 aromatic rings. The molecule has 5 N–H and O–H groups in total. The van der Waals surface area contributed by atoms with Crippen LogP contribution in [0, 0.1) is 0 Å². The number of nitrogens with two attached hydrogens (primary N) is 1. The fourth-order valence-corrected chi connectivity index (χ4v) is 5.89. The van der Waals surface area contributed by atoms with Gasteiger partial charge in [-0.15, -0.1) is 0 Å². The van der Waals surface area contributed by atoms with Gasteiger partial charge < -0.3 is 34.8 Å². The number of hydrogen-bond donors (Lipinski definition) is 4. The molecule has 30 heavy (non-hydrogen) atoms. The van der Waals surface area contributed by atoms with E-state index >= 15 is 0 Å². The highest BCUT2D eigenvalue weighted by molar-refractivity contribution is 7.65. The minimum Gasteiger partial charge on any atom is -0.756 e. The zero-order valence-electron chi connectivity index (χ0n) is 14.5. The first-order chi connectivity index (χ1) is 13.6. The first-order valence-electron chi connectivity index (χ1n) is 7.74. The van der Waals surface area contributed by atoms with Crippen LogP contribution in [-0.2, 0) is 36.3 Å². The number of aromatic amines is 1. The van der Waals surface area contributed by atoms with Crippen molar-refractivity contribution in [3.05, 3.63) is 33.1 Å². The van der Waals surface area contributed by atoms with Crippen molar-refractivity contribution >= 4 is 23.5 Å². The second-order valence-electron chi connectivity index (χ2n) is 6.21. The van der Waals surface area contributed by atoms with Gasteiger partial charge in [0.25, 0.3) is 21.2 Å². The van der Waals surface area contributed by atoms with Gasteiger partial charge in [-0.05, 0) is 0 Å². The molecular formula is C10H14N3O14P3-2. The van der Waals surface area contributed by atoms with Crippen LogP contribution in [0.4, 0.5) is 0 Å². The highest BCUT2D eigenvalue weighted by atomic mass is 31.3. The lowest BCUT2D eigenvalue weighted by Gasteiger charge is -2.32. The standard InChI is InChI=1S/C10H16N3O14P3/c11-7-6-8(13-2-1-5(14)12-9(13)15)25-10(7,3-23-6)4-24-29(19,20)27-30(21,22)26-28(16,17)18/h1-2,6-8H,3-4,11H2,(H,19,20)(H,21,22)(H,12,14,15)(H2,16,17,18)/p-2/t6-,7+,8-,10-/m1/s1. The summed E-state index contributed by atoms with van der Waals surface area (Å²) in [5.41, 5.74) is 2.83. The van der Waals surface area contributed by atoms with Crippen LogP contribution in [0.25, 0.3) is 0 Å². The third kappa shape index (κ3) is 5.06. The maximum absolute atomic E-state index is 11.9. The molecule has 2 fully saturated rings. The highest BCUT2D eigenvalue weighted by Crippen LogP contribution is 2.63. The summed E-state index contributed by atoms with van der Waals surface area (Å²) >= 11 is 0. The van der Waals surface area contributed by atoms with E-state index < -0.39 is 65.3 Å². The van der Waals surface area contributed by atoms with Gasteiger partial charge in [-0.2, -0.15) is 0 Å². The minimum absolute atomic E-state index is 0.286. The van der Waals surface area contributed by atoms with E-state index in [9.17, 15) is 38.0 Å². The molecule has 0 amide bonds. The molecule has 0 aromatic carbocycles. The highest BCUT2D eigenvalue weighted by Gasteiger charge is 2.61. The molecule has 17 nitrogen and oxygen atoms in total. The van der Waals surface area contributed by atoms with E-state index in [-0.39, 0.29) is 6.61 Å². The van der Waals surface area contributed by atoms with E-state index in [4.69, 9.17) is 20.1 Å². The van der Waals surface area contributed by atoms with Gasteiger partial charge in [0.1, 0.15) is 11.7 Å². The second-order valence-corrected chi connectivity index (χ2v) is 10.5. The lowest BCUT2D eigenvalue weighted by molar-refractivity contribution is -0.236. The van der Waals surface area contributed by atoms with Gasteiger partial charge in [-0.25, -0.2) is 18.0 Å². The summed E-state index contributed by atoms with van der Waals surface area (Å²) in [5.74, 6) is 0. The van der Waals surface area contributed by atoms with Crippen LogP contribution in [0.2, 0.25) is 0 Å². The molecule has 2 aliphatic heterocycles. The molecule has 3 heterocycles. The van der Waals surface area contributed by atoms with E-state index in [1.54, 1.807) is 0 Å². The lowest BCUT2D eigenvalue weighted by Crippen LogP contribution is -2.49. The Bertz CT molecular complexity index is 1080. The van der Waals surface area contributed by atoms with E-state index in [0.717, 1.165) is 16.8 Å². The first-order valence-corrected chi connectivity index (χ1v) is 12.2. The molecule has 170 valence electrons. The predicted octanol–water partition coefficient (Wildman–Crippen LogP) is -3.39. The van der Waals surface area contributed by atoms with Crippen molar-refractivity contribution in [1.29, 1.82) is 0 Å². The Hall–Kier alpha value is -1.03. The normalized spacial score (nSPS) is 34.2. The van der Waals surface area contributed by atoms with Crippen molar-refractivity contribution in [3.8, 4) is 0 Å². The van der Waals surface area contributed by atoms with Crippen molar-refractivity contribution < 1.29 is 55.9 Å². The number of hydrogen-bond acceptors (Lipinski definition) is 13. The Morgan fingerprint density at radius 1 is 1.30 bits per heavy atom. The van der Waals surface area contributed by atoms with Gasteiger partial charge >= 0.3 is 13.5 Å². The van der Waals surface area contributed by atoms with Gasteiger partial charge in [-0.3, -0.25) is 28.0 Å². The third-order valence-corrected chi connectivity index (χ3v) is 7.83. The molecule has 0 radical (unpaired) electrons. The van der Waals surface area contributed by atoms with E-state index in [0.29, 0.717) is 0 Å². The van der Waals surface area contributed by atoms with Crippen LogP contribution >= 0.6 is 23.5 Å². The summed E-state index contributed by atoms with van der Waals surface area (Å²) in [4.78, 5) is 64.8. The average Bonchev–Trinajstić information content (AvgIpc) is 3.00. The molecule has 0 saturated carbocycles. The van der Waals surface area contributed by atoms with Crippen molar-refractivity contribution in [2.24, 2.45) is 5.73 Å². The monoisotopic (exact) mass is 493 g/mol. The number of aromatic nitrogens is 2. The van der Waals surface area contributed by atoms with Gasteiger partial charge in [0.2, 0.25) is 0 Å². The molecule has 7 atom stereocenters. The molecule has 20 heteroatoms. The molecule has 2 saturated heterocycles. The summed E-state index contributed by atoms with van der Waals surface area (Å²) < 4.78 is 56.9. The van der Waals surface area contributed by atoms with Gasteiger partial charge in [-0.1, -0.05) is 0 Å². The fraction of sp³-hybridized carbons (Fsp3) is 0.600. The maximum atomic E-state index is 11.9. The van der Waals surface area contributed by atoms with Crippen molar-refractivity contribution in [1.82, 2.24) is 9.55 Å². The van der Waals surface area contributed by atoms with Gasteiger partial charge in [0, 0.05) is 12.3 Å². The smallest absolute Gasteiger partial charge is 0.478 e. The Morgan fingerprint density at radius 2 is 1.97 bits per heavy atom. The molecular weight excluding hydrogens is 479 g/mol. The Morgan fingerprint density at radius 3 is 2.57 bits per heavy atom. The molecule has 2 aliphatic rings. The van der Waals surface area contributed by atoms with Crippen LogP contribution in [-0.4, -0.2) is 50.3 Å². The number of phosphoric acid groups is 3. The van der Waals surface area contributed by atoms with E-state index in [1.807, 2.05) is 4.98 Å². The Balaban J connectivity index is 1.73. The topological polar surface area (TPSA) is 265 Å². The Kier molecular flexibility index (Phi) is 6.17. The van der Waals surface area contributed by atoms with Crippen molar-refractivity contribution in [2.75, 3.05) is 13.2 Å². The van der Waals surface area contributed by atoms with Crippen LogP contribution in [0.3, 0.4) is 0 Å². The summed E-state index contributed by atoms with van der Waals surface area (Å²) in [6.45, 7) is -1.17. The SMILES string of the molecule is N[C@H]1[C@H]2OC[C@]1(COP(=O)(O)OP(=O)([O-])OP(=O)([O-])O)O[C@H]2n1ccc(=O)[nH]c1=O. The van der Waals surface area contributed by atoms with Crippen molar-refractivity contribution in [3.63, 3.8) is 0 Å². The largest absolute Gasteiger partial charge is 0.756 e. The molecule has 0 aliphatic carbocycles. The summed E-state index contributed by atoms with van der Waals surface area (Å²) in [7, 11) is -17.3. The summed E-state index contributed by atoms with van der Waals surface area (Å²) in [6, 6.07) is -0.000917. The number of nitrogens with zero attached hydrogens (tertiary/aromatic N) is 1. The number of phosphoric ester groups is 1. The average molecular weight is 493 g/mol. The van der Waals surface area contributed by atoms with Crippen LogP contribution in [0.1, 0.15) is 6.23 Å². The fourth-order valence-electron chi connectivity index (χ4n) is 2.91. The van der Waals surface area contributed by atoms with E-state index in [2.05, 4.69) is 13.1 Å². The zero-order valence-corrected chi connectivity index (χ0v) is 17.1. The quantitative estimate of drug-likeness (QED) is 0.257. The molecule has 3 rings (SSSR count). The number of rotatable bonds is 8. The molecule has 1 aromatic heterocycles. The molecule has 2 bridgehead atoms. The van der Waals surface area contributed by atoms with Crippen LogP contribution in [0.5, 0.6) is 0 Å². The predicted molar refractivity (Wildman–Crippen MR) is 87.3 cm³/mol. The Labute approximate surface area is 165 Å². The van der Waals surface area contributed by atoms with Gasteiger partial charge in [0.15, 0.2) is 6.23 Å². The molecule has 3 unspecified atom stereocenters. The minimum atomic E-state index is -6.00. The van der Waals surface area contributed by atoms with Crippen LogP contribution < -0.4 is 26.8 Å². The maximum Gasteiger partial charge on any atom is 0.478 e. The first kappa shape index (κ1) is 23.6. The van der Waals surface area contributed by atoms with Gasteiger partial charge in [0.05, 0.1) is 19.3 Å². The third-order valence-electron chi connectivity index (χ3n) is 4.12. The van der Waals surface area contributed by atoms with Crippen molar-refractivity contribution in [2.45, 2.75) is 24.0 Å². The lowest BCUT2D eigenvalue weighted by atomic mass is 9.98.